The predicted octanol–water partition coefficient (Wildman–Crippen LogP) is 5.61. The molecule has 0 radical (unpaired) electrons. The molecule has 3 aliphatic rings. The molecule has 0 spiro atoms. The standard InChI is InChI=1S/C34H37ClF3N7O2/c1-22(37)32(46)45-15-14-44(19-24(45)18-39-2)31-25-10-13-43(28-7-4-6-23-8-9-26(38)30(35)29(23)28)20-27(25)40-33(41-31)47-17-16-42(3)34(21-36)11-5-12-34/h4,6-9,24H,1,5,10-21H2,3H3/t24-/m0/s1. The van der Waals surface area contributed by atoms with E-state index in [9.17, 15) is 18.0 Å². The lowest BCUT2D eigenvalue weighted by atomic mass is 9.76. The van der Waals surface area contributed by atoms with E-state index < -0.39 is 35.8 Å². The Bertz CT molecular complexity index is 1720. The Labute approximate surface area is 277 Å². The molecule has 0 unspecified atom stereocenters. The summed E-state index contributed by atoms with van der Waals surface area (Å²) in [6.45, 7) is 12.7. The molecule has 2 aromatic carbocycles. The van der Waals surface area contributed by atoms with Crippen LogP contribution in [0, 0.1) is 12.4 Å². The zero-order chi connectivity index (χ0) is 33.3. The predicted molar refractivity (Wildman–Crippen MR) is 176 cm³/mol. The van der Waals surface area contributed by atoms with E-state index in [1.807, 2.05) is 35.0 Å². The molecule has 248 valence electrons. The first kappa shape index (κ1) is 32.8. The third-order valence-corrected chi connectivity index (χ3v) is 10.2. The zero-order valence-corrected chi connectivity index (χ0v) is 27.1. The number of hydrogen-bond acceptors (Lipinski definition) is 7. The number of aromatic nitrogens is 2. The van der Waals surface area contributed by atoms with Gasteiger partial charge in [0.15, 0.2) is 5.83 Å². The summed E-state index contributed by atoms with van der Waals surface area (Å²) in [4.78, 5) is 33.2. The summed E-state index contributed by atoms with van der Waals surface area (Å²) in [6.07, 6.45) is 3.19. The van der Waals surface area contributed by atoms with Crippen molar-refractivity contribution in [3.8, 4) is 6.01 Å². The maximum Gasteiger partial charge on any atom is 0.318 e. The molecule has 0 bridgehead atoms. The number of nitrogens with zero attached hydrogens (tertiary/aromatic N) is 7. The van der Waals surface area contributed by atoms with Crippen LogP contribution >= 0.6 is 11.6 Å². The summed E-state index contributed by atoms with van der Waals surface area (Å²) >= 11 is 6.48. The van der Waals surface area contributed by atoms with Gasteiger partial charge in [-0.3, -0.25) is 9.69 Å². The van der Waals surface area contributed by atoms with Crippen molar-refractivity contribution in [1.82, 2.24) is 19.8 Å². The number of fused-ring (bicyclic) bond motifs is 2. The molecule has 9 nitrogen and oxygen atoms in total. The molecular weight excluding hydrogens is 631 g/mol. The molecule has 1 aromatic heterocycles. The molecule has 1 aliphatic carbocycles. The Hall–Kier alpha value is -4.08. The van der Waals surface area contributed by atoms with Crippen molar-refractivity contribution >= 4 is 39.8 Å². The third kappa shape index (κ3) is 6.31. The van der Waals surface area contributed by atoms with E-state index in [0.29, 0.717) is 43.8 Å². The monoisotopic (exact) mass is 667 g/mol. The number of halogens is 4. The Balaban J connectivity index is 1.31. The van der Waals surface area contributed by atoms with Crippen LogP contribution in [0.1, 0.15) is 30.5 Å². The minimum absolute atomic E-state index is 0.000978. The van der Waals surface area contributed by atoms with Crippen molar-refractivity contribution in [1.29, 1.82) is 0 Å². The second kappa shape index (κ2) is 13.6. The molecule has 3 heterocycles. The minimum Gasteiger partial charge on any atom is -0.462 e. The highest BCUT2D eigenvalue weighted by molar-refractivity contribution is 6.36. The van der Waals surface area contributed by atoms with Crippen LogP contribution in [0.2, 0.25) is 5.02 Å². The number of anilines is 2. The Morgan fingerprint density at radius 1 is 1.21 bits per heavy atom. The fourth-order valence-electron chi connectivity index (χ4n) is 6.92. The molecule has 47 heavy (non-hydrogen) atoms. The molecule has 1 saturated heterocycles. The van der Waals surface area contributed by atoms with Crippen LogP contribution in [0.25, 0.3) is 15.6 Å². The summed E-state index contributed by atoms with van der Waals surface area (Å²) in [5, 5.41) is 1.51. The van der Waals surface area contributed by atoms with E-state index in [0.717, 1.165) is 41.6 Å². The van der Waals surface area contributed by atoms with Crippen LogP contribution in [0.3, 0.4) is 0 Å². The van der Waals surface area contributed by atoms with Crippen LogP contribution < -0.4 is 14.5 Å². The van der Waals surface area contributed by atoms with Gasteiger partial charge in [-0.2, -0.15) is 9.97 Å². The van der Waals surface area contributed by atoms with Crippen molar-refractivity contribution in [2.45, 2.75) is 43.8 Å². The highest BCUT2D eigenvalue weighted by Gasteiger charge is 2.41. The number of rotatable bonds is 10. The first-order valence-electron chi connectivity index (χ1n) is 15.8. The van der Waals surface area contributed by atoms with Gasteiger partial charge in [-0.05, 0) is 50.2 Å². The summed E-state index contributed by atoms with van der Waals surface area (Å²) in [6, 6.07) is 8.39. The molecule has 6 rings (SSSR count). The van der Waals surface area contributed by atoms with Gasteiger partial charge in [-0.15, -0.1) is 0 Å². The van der Waals surface area contributed by atoms with E-state index in [2.05, 4.69) is 16.3 Å². The normalized spacial score (nSPS) is 18.9. The minimum atomic E-state index is -1.06. The highest BCUT2D eigenvalue weighted by Crippen LogP contribution is 2.39. The quantitative estimate of drug-likeness (QED) is 0.206. The van der Waals surface area contributed by atoms with Crippen LogP contribution in [-0.4, -0.2) is 96.9 Å². The van der Waals surface area contributed by atoms with Crippen molar-refractivity contribution in [2.75, 3.05) is 69.4 Å². The summed E-state index contributed by atoms with van der Waals surface area (Å²) in [5.74, 6) is -1.72. The average Bonchev–Trinajstić information content (AvgIpc) is 3.05. The number of benzene rings is 2. The largest absolute Gasteiger partial charge is 0.462 e. The topological polar surface area (TPSA) is 69.4 Å². The van der Waals surface area contributed by atoms with Crippen molar-refractivity contribution in [3.63, 3.8) is 0 Å². The number of carbonyl (C=O) groups excluding carboxylic acids is 1. The Morgan fingerprint density at radius 2 is 2.02 bits per heavy atom. The number of piperazine rings is 1. The van der Waals surface area contributed by atoms with Gasteiger partial charge in [0.2, 0.25) is 6.54 Å². The van der Waals surface area contributed by atoms with E-state index in [1.54, 1.807) is 6.07 Å². The molecule has 1 amide bonds. The first-order valence-corrected chi connectivity index (χ1v) is 16.2. The van der Waals surface area contributed by atoms with Crippen LogP contribution in [-0.2, 0) is 17.8 Å². The lowest BCUT2D eigenvalue weighted by molar-refractivity contribution is -0.131. The van der Waals surface area contributed by atoms with Crippen LogP contribution in [0.5, 0.6) is 6.01 Å². The smallest absolute Gasteiger partial charge is 0.318 e. The second-order valence-corrected chi connectivity index (χ2v) is 12.9. The van der Waals surface area contributed by atoms with E-state index in [1.165, 1.54) is 11.0 Å². The number of alkyl halides is 1. The first-order chi connectivity index (χ1) is 22.7. The molecule has 3 aromatic rings. The van der Waals surface area contributed by atoms with Gasteiger partial charge in [0.25, 0.3) is 5.91 Å². The molecule has 1 saturated carbocycles. The fourth-order valence-corrected chi connectivity index (χ4v) is 7.19. The summed E-state index contributed by atoms with van der Waals surface area (Å²) in [7, 11) is 1.90. The van der Waals surface area contributed by atoms with E-state index in [-0.39, 0.29) is 37.3 Å². The number of hydrogen-bond donors (Lipinski definition) is 0. The molecule has 13 heteroatoms. The average molecular weight is 668 g/mol. The zero-order valence-electron chi connectivity index (χ0n) is 26.3. The Kier molecular flexibility index (Phi) is 9.48. The molecule has 1 atom stereocenters. The van der Waals surface area contributed by atoms with Crippen molar-refractivity contribution < 1.29 is 22.7 Å². The highest BCUT2D eigenvalue weighted by atomic mass is 35.5. The number of carbonyl (C=O) groups is 1. The molecule has 0 N–H and O–H groups in total. The van der Waals surface area contributed by atoms with Gasteiger partial charge in [-0.1, -0.05) is 36.4 Å². The van der Waals surface area contributed by atoms with Gasteiger partial charge in [-0.25, -0.2) is 19.7 Å². The maximum absolute atomic E-state index is 14.6. The summed E-state index contributed by atoms with van der Waals surface area (Å²) < 4.78 is 48.4. The number of likely N-dealkylation sites (N-methyl/N-ethyl adjacent to an activating group) is 1. The number of ether oxygens (including phenoxy) is 1. The van der Waals surface area contributed by atoms with E-state index >= 15 is 0 Å². The van der Waals surface area contributed by atoms with Crippen molar-refractivity contribution in [3.05, 3.63) is 76.3 Å². The molecule has 2 aliphatic heterocycles. The molecule has 2 fully saturated rings. The molecular formula is C34H37ClF3N7O2. The fraction of sp³-hybridized carbons (Fsp3) is 0.471. The van der Waals surface area contributed by atoms with Crippen LogP contribution in [0.4, 0.5) is 24.7 Å². The second-order valence-electron chi connectivity index (χ2n) is 12.5. The van der Waals surface area contributed by atoms with E-state index in [4.69, 9.17) is 32.9 Å². The van der Waals surface area contributed by atoms with Crippen molar-refractivity contribution in [2.24, 2.45) is 0 Å². The van der Waals surface area contributed by atoms with Gasteiger partial charge in [0, 0.05) is 54.9 Å². The lowest BCUT2D eigenvalue weighted by Gasteiger charge is -2.46. The van der Waals surface area contributed by atoms with Gasteiger partial charge < -0.3 is 24.3 Å². The third-order valence-electron chi connectivity index (χ3n) is 9.85. The maximum atomic E-state index is 14.6. The number of amides is 1. The van der Waals surface area contributed by atoms with Gasteiger partial charge >= 0.3 is 6.01 Å². The Morgan fingerprint density at radius 3 is 2.72 bits per heavy atom. The van der Waals surface area contributed by atoms with Crippen LogP contribution in [0.15, 0.2) is 42.7 Å². The van der Waals surface area contributed by atoms with Gasteiger partial charge in [0.1, 0.15) is 31.0 Å². The van der Waals surface area contributed by atoms with Gasteiger partial charge in [0.05, 0.1) is 17.3 Å². The SMILES string of the molecule is [C-]#[N+]C[C@H]1CN(c2nc(OCCN(C)C3(CF)CCC3)nc3c2CCN(c2cccc4ccc(F)c(Cl)c24)C3)CCN1C(=O)C(=C)F. The lowest BCUT2D eigenvalue weighted by Crippen LogP contribution is -2.57. The summed E-state index contributed by atoms with van der Waals surface area (Å²) in [5.41, 5.74) is 1.98.